The molecule has 4 rings (SSSR count). The van der Waals surface area contributed by atoms with E-state index in [4.69, 9.17) is 5.73 Å². The summed E-state index contributed by atoms with van der Waals surface area (Å²) in [5.74, 6) is -0.615. The fourth-order valence-corrected chi connectivity index (χ4v) is 6.54. The lowest BCUT2D eigenvalue weighted by molar-refractivity contribution is -0.142. The average molecular weight is 407 g/mol. The van der Waals surface area contributed by atoms with Gasteiger partial charge in [-0.1, -0.05) is 25.3 Å². The quantitative estimate of drug-likeness (QED) is 0.776. The summed E-state index contributed by atoms with van der Waals surface area (Å²) in [5.41, 5.74) is 6.05. The predicted octanol–water partition coefficient (Wildman–Crippen LogP) is 0.427. The third-order valence-electron chi connectivity index (χ3n) is 6.24. The van der Waals surface area contributed by atoms with E-state index in [0.29, 0.717) is 31.4 Å². The number of hydrogen-bond donors (Lipinski definition) is 1. The van der Waals surface area contributed by atoms with Crippen molar-refractivity contribution in [1.29, 1.82) is 0 Å². The molecule has 0 radical (unpaired) electrons. The zero-order chi connectivity index (χ0) is 19.9. The number of sulfonamides is 1. The molecule has 1 aromatic heterocycles. The van der Waals surface area contributed by atoms with E-state index in [1.165, 1.54) is 10.5 Å². The fourth-order valence-electron chi connectivity index (χ4n) is 4.82. The topological polar surface area (TPSA) is 114 Å². The van der Waals surface area contributed by atoms with E-state index in [1.54, 1.807) is 23.2 Å². The summed E-state index contributed by atoms with van der Waals surface area (Å²) in [7, 11) is -3.69. The average Bonchev–Trinajstić information content (AvgIpc) is 3.24. The zero-order valence-electron chi connectivity index (χ0n) is 15.8. The molecule has 0 spiro atoms. The number of pyridine rings is 1. The van der Waals surface area contributed by atoms with Gasteiger partial charge in [0.25, 0.3) is 0 Å². The van der Waals surface area contributed by atoms with Crippen LogP contribution < -0.4 is 5.73 Å². The first-order valence-electron chi connectivity index (χ1n) is 9.83. The Morgan fingerprint density at radius 3 is 2.71 bits per heavy atom. The molecule has 3 fully saturated rings. The summed E-state index contributed by atoms with van der Waals surface area (Å²) in [6.45, 7) is 0.192. The van der Waals surface area contributed by atoms with Crippen LogP contribution in [0.1, 0.15) is 44.1 Å². The summed E-state index contributed by atoms with van der Waals surface area (Å²) in [6.07, 6.45) is 7.68. The molecule has 1 aromatic rings. The fraction of sp³-hybridized carbons (Fsp3) is 0.632. The van der Waals surface area contributed by atoms with Gasteiger partial charge in [-0.3, -0.25) is 14.6 Å². The molecule has 0 bridgehead atoms. The Kier molecular flexibility index (Phi) is 5.01. The molecule has 2 unspecified atom stereocenters. The smallest absolute Gasteiger partial charge is 0.243 e. The molecule has 2 atom stereocenters. The van der Waals surface area contributed by atoms with Crippen molar-refractivity contribution in [3.63, 3.8) is 0 Å². The molecule has 8 nitrogen and oxygen atoms in total. The highest BCUT2D eigenvalue weighted by atomic mass is 32.2. The van der Waals surface area contributed by atoms with E-state index < -0.39 is 27.6 Å². The van der Waals surface area contributed by atoms with Crippen LogP contribution in [-0.2, 0) is 25.4 Å². The van der Waals surface area contributed by atoms with Gasteiger partial charge in [0.2, 0.25) is 15.9 Å². The maximum absolute atomic E-state index is 13.1. The van der Waals surface area contributed by atoms with Crippen LogP contribution in [0.2, 0.25) is 0 Å². The van der Waals surface area contributed by atoms with Gasteiger partial charge < -0.3 is 10.6 Å². The number of fused-ring (bicyclic) bond motifs is 1. The Hall–Kier alpha value is -1.84. The number of ketones is 1. The first-order valence-corrected chi connectivity index (χ1v) is 11.4. The van der Waals surface area contributed by atoms with Crippen LogP contribution in [0.5, 0.6) is 0 Å². The summed E-state index contributed by atoms with van der Waals surface area (Å²) in [4.78, 5) is 31.4. The molecule has 3 aliphatic rings. The normalized spacial score (nSPS) is 27.8. The van der Waals surface area contributed by atoms with Crippen LogP contribution in [0.3, 0.4) is 0 Å². The Morgan fingerprint density at radius 1 is 1.29 bits per heavy atom. The molecule has 2 aliphatic heterocycles. The summed E-state index contributed by atoms with van der Waals surface area (Å²) in [6, 6.07) is 2.18. The second-order valence-corrected chi connectivity index (χ2v) is 10.1. The molecule has 1 amide bonds. The SMILES string of the molecule is NC1(C(=O)N2CCC3C2C(=O)CN3S(=O)(=O)Cc2cccnc2)CCCCC1. The Bertz CT molecular complexity index is 867. The van der Waals surface area contributed by atoms with Crippen molar-refractivity contribution in [1.82, 2.24) is 14.2 Å². The number of Topliss-reactive ketones (excluding diaryl/α,β-unsaturated/α-hetero) is 1. The molecule has 1 aliphatic carbocycles. The van der Waals surface area contributed by atoms with Crippen molar-refractivity contribution in [2.75, 3.05) is 13.1 Å². The number of likely N-dealkylation sites (tertiary alicyclic amines) is 1. The largest absolute Gasteiger partial charge is 0.329 e. The number of hydrogen-bond acceptors (Lipinski definition) is 6. The monoisotopic (exact) mass is 406 g/mol. The third kappa shape index (κ3) is 3.35. The number of nitrogens with zero attached hydrogens (tertiary/aromatic N) is 3. The molecule has 152 valence electrons. The van der Waals surface area contributed by atoms with Crippen molar-refractivity contribution in [3.05, 3.63) is 30.1 Å². The van der Waals surface area contributed by atoms with Crippen LogP contribution in [0.25, 0.3) is 0 Å². The van der Waals surface area contributed by atoms with Crippen LogP contribution in [0.15, 0.2) is 24.5 Å². The molecule has 3 heterocycles. The van der Waals surface area contributed by atoms with Gasteiger partial charge in [0.05, 0.1) is 23.9 Å². The second kappa shape index (κ2) is 7.20. The molecule has 28 heavy (non-hydrogen) atoms. The highest BCUT2D eigenvalue weighted by Gasteiger charge is 2.55. The Balaban J connectivity index is 1.53. The van der Waals surface area contributed by atoms with Gasteiger partial charge in [0.15, 0.2) is 5.78 Å². The number of aromatic nitrogens is 1. The number of amides is 1. The van der Waals surface area contributed by atoms with Gasteiger partial charge in [-0.2, -0.15) is 4.31 Å². The van der Waals surface area contributed by atoms with E-state index in [0.717, 1.165) is 19.3 Å². The van der Waals surface area contributed by atoms with Crippen LogP contribution >= 0.6 is 0 Å². The summed E-state index contributed by atoms with van der Waals surface area (Å²) < 4.78 is 27.2. The lowest BCUT2D eigenvalue weighted by Crippen LogP contribution is -2.58. The van der Waals surface area contributed by atoms with Crippen molar-refractivity contribution >= 4 is 21.7 Å². The van der Waals surface area contributed by atoms with E-state index >= 15 is 0 Å². The van der Waals surface area contributed by atoms with Gasteiger partial charge in [0, 0.05) is 18.9 Å². The maximum Gasteiger partial charge on any atom is 0.243 e. The van der Waals surface area contributed by atoms with Crippen LogP contribution in [0.4, 0.5) is 0 Å². The molecular weight excluding hydrogens is 380 g/mol. The molecular formula is C19H26N4O4S. The van der Waals surface area contributed by atoms with Crippen LogP contribution in [-0.4, -0.2) is 65.0 Å². The molecule has 1 saturated carbocycles. The van der Waals surface area contributed by atoms with Crippen molar-refractivity contribution in [2.45, 2.75) is 61.9 Å². The van der Waals surface area contributed by atoms with Gasteiger partial charge in [-0.05, 0) is 30.9 Å². The molecule has 2 N–H and O–H groups in total. The van der Waals surface area contributed by atoms with Gasteiger partial charge >= 0.3 is 0 Å². The van der Waals surface area contributed by atoms with E-state index in [-0.39, 0.29) is 24.0 Å². The first kappa shape index (κ1) is 19.5. The summed E-state index contributed by atoms with van der Waals surface area (Å²) >= 11 is 0. The highest BCUT2D eigenvalue weighted by molar-refractivity contribution is 7.88. The van der Waals surface area contributed by atoms with Gasteiger partial charge in [0.1, 0.15) is 6.04 Å². The predicted molar refractivity (Wildman–Crippen MR) is 102 cm³/mol. The number of carbonyl (C=O) groups is 2. The lowest BCUT2D eigenvalue weighted by Gasteiger charge is -2.37. The van der Waals surface area contributed by atoms with Gasteiger partial charge in [-0.15, -0.1) is 0 Å². The number of rotatable bonds is 4. The van der Waals surface area contributed by atoms with Gasteiger partial charge in [-0.25, -0.2) is 8.42 Å². The minimum atomic E-state index is -3.69. The first-order chi connectivity index (χ1) is 13.3. The second-order valence-electron chi connectivity index (χ2n) is 8.15. The zero-order valence-corrected chi connectivity index (χ0v) is 16.6. The molecule has 9 heteroatoms. The Morgan fingerprint density at radius 2 is 2.04 bits per heavy atom. The third-order valence-corrected chi connectivity index (χ3v) is 8.05. The lowest BCUT2D eigenvalue weighted by atomic mass is 9.81. The van der Waals surface area contributed by atoms with E-state index in [9.17, 15) is 18.0 Å². The molecule has 2 saturated heterocycles. The minimum absolute atomic E-state index is 0.181. The standard InChI is InChI=1S/C19H26N4O4S/c20-19(7-2-1-3-8-19)18(25)22-10-6-15-17(22)16(24)12-23(15)28(26,27)13-14-5-4-9-21-11-14/h4-5,9,11,15,17H,1-3,6-8,10,12-13,20H2. The highest BCUT2D eigenvalue weighted by Crippen LogP contribution is 2.36. The minimum Gasteiger partial charge on any atom is -0.329 e. The Labute approximate surface area is 165 Å². The van der Waals surface area contributed by atoms with Crippen LogP contribution in [0, 0.1) is 0 Å². The number of carbonyl (C=O) groups excluding carboxylic acids is 2. The summed E-state index contributed by atoms with van der Waals surface area (Å²) in [5, 5.41) is 0. The molecule has 0 aromatic carbocycles. The van der Waals surface area contributed by atoms with E-state index in [2.05, 4.69) is 4.98 Å². The van der Waals surface area contributed by atoms with Crippen molar-refractivity contribution in [2.24, 2.45) is 5.73 Å². The van der Waals surface area contributed by atoms with E-state index in [1.807, 2.05) is 0 Å². The van der Waals surface area contributed by atoms with Crippen molar-refractivity contribution < 1.29 is 18.0 Å². The number of nitrogens with two attached hydrogens (primary N) is 1. The van der Waals surface area contributed by atoms with Crippen molar-refractivity contribution in [3.8, 4) is 0 Å². The maximum atomic E-state index is 13.1.